The zero-order valence-corrected chi connectivity index (χ0v) is 79.5. The van der Waals surface area contributed by atoms with Crippen molar-refractivity contribution in [2.45, 2.75) is 104 Å². The van der Waals surface area contributed by atoms with Crippen LogP contribution < -0.4 is 16.7 Å². The number of nitriles is 1. The number of fused-ring (bicyclic) bond motifs is 12. The van der Waals surface area contributed by atoms with Gasteiger partial charge in [-0.15, -0.1) is 0 Å². The van der Waals surface area contributed by atoms with Gasteiger partial charge in [0.1, 0.15) is 16.9 Å². The van der Waals surface area contributed by atoms with Crippen LogP contribution in [0.1, 0.15) is 89.0 Å². The summed E-state index contributed by atoms with van der Waals surface area (Å²) in [6.45, 7) is 47.9. The number of nitrogens with zero attached hydrogens (tertiary/aromatic N) is 9. The van der Waals surface area contributed by atoms with Gasteiger partial charge in [-0.05, 0) is 330 Å². The summed E-state index contributed by atoms with van der Waals surface area (Å²) >= 11 is 0. The molecule has 660 valence electrons. The first kappa shape index (κ1) is 86.1. The van der Waals surface area contributed by atoms with Crippen molar-refractivity contribution in [3.05, 3.63) is 434 Å². The predicted molar refractivity (Wildman–Crippen MR) is 573 cm³/mol. The van der Waals surface area contributed by atoms with Crippen molar-refractivity contribution in [3.8, 4) is 106 Å². The maximum absolute atomic E-state index is 14.7. The molecule has 0 aliphatic rings. The molecule has 0 spiro atoms. The van der Waals surface area contributed by atoms with E-state index in [1.54, 1.807) is 20.9 Å². The van der Waals surface area contributed by atoms with Crippen LogP contribution in [0.4, 0.5) is 11.4 Å². The normalized spacial score (nSPS) is 11.7. The summed E-state index contributed by atoms with van der Waals surface area (Å²) in [7, 11) is 0. The highest BCUT2D eigenvalue weighted by Gasteiger charge is 2.30. The zero-order chi connectivity index (χ0) is 95.6. The van der Waals surface area contributed by atoms with E-state index in [2.05, 4.69) is 362 Å². The smallest absolute Gasteiger partial charge is 0.264 e. The molecule has 0 atom stereocenters. The van der Waals surface area contributed by atoms with Gasteiger partial charge >= 0.3 is 0 Å². The molecule has 0 radical (unpaired) electrons. The number of pyridine rings is 3. The Kier molecular flexibility index (Phi) is 20.6. The Morgan fingerprint density at radius 1 is 0.261 bits per heavy atom. The molecule has 24 aromatic rings. The van der Waals surface area contributed by atoms with Crippen LogP contribution in [-0.4, -0.2) is 28.2 Å². The van der Waals surface area contributed by atoms with Gasteiger partial charge in [-0.1, -0.05) is 253 Å². The van der Waals surface area contributed by atoms with Crippen LogP contribution in [0, 0.1) is 128 Å². The Hall–Kier alpha value is -17.4. The molecule has 24 rings (SSSR count). The fraction of sp³-hybridized carbons (Fsp3) is 0.119. The molecular formula is C126H93N9O3. The Labute approximate surface area is 798 Å². The Morgan fingerprint density at radius 2 is 0.543 bits per heavy atom. The lowest BCUT2D eigenvalue weighted by atomic mass is 9.89. The zero-order valence-electron chi connectivity index (χ0n) is 79.5. The van der Waals surface area contributed by atoms with Crippen molar-refractivity contribution in [1.29, 1.82) is 5.26 Å². The molecular weight excluding hydrogens is 1690 g/mol. The van der Waals surface area contributed by atoms with Crippen LogP contribution in [0.15, 0.2) is 306 Å². The van der Waals surface area contributed by atoms with Crippen molar-refractivity contribution in [3.63, 3.8) is 0 Å². The molecule has 0 unspecified atom stereocenters. The number of hydrogen-bond donors (Lipinski definition) is 0. The number of imidazole rings is 3. The van der Waals surface area contributed by atoms with Gasteiger partial charge in [-0.3, -0.25) is 27.6 Å². The first-order valence-electron chi connectivity index (χ1n) is 46.7. The lowest BCUT2D eigenvalue weighted by molar-refractivity contribution is 1.19. The maximum atomic E-state index is 14.7. The van der Waals surface area contributed by atoms with E-state index in [4.69, 9.17) is 28.1 Å². The predicted octanol–water partition coefficient (Wildman–Crippen LogP) is 31.4. The van der Waals surface area contributed by atoms with E-state index in [1.807, 2.05) is 40.8 Å². The quantitative estimate of drug-likeness (QED) is 0.131. The van der Waals surface area contributed by atoms with E-state index in [9.17, 15) is 19.6 Å². The SMILES string of the molecule is Cc1ccc(-c2ccc3c(=O)n4c(nc5cc(-c6c(C)cccc6C)cc(-c6c(C)cccc6C)c54)c4ccc(C#N)c2c34)cc1.[C-]#[N+]c1ccc2c(=O)n3c(nc4cc(-c5c(C)cccc5C)cc(-c5c(C)cccc5C)c43)c3ccc(-c4ccc(C)cc4)c1c23.[C-]#[N+]c1ccc2c(=O)n3c4cc(-c5c(C)cccc5C)cc(-c5c(C)cccc5C)c4nc3c3ccc(-c4ccc(C)cc4)c1c23. The van der Waals surface area contributed by atoms with E-state index < -0.39 is 0 Å². The average Bonchev–Trinajstić information content (AvgIpc) is 1.50. The Bertz CT molecular complexity index is 9150. The second-order valence-corrected chi connectivity index (χ2v) is 37.6. The summed E-state index contributed by atoms with van der Waals surface area (Å²) in [6, 6.07) is 102. The van der Waals surface area contributed by atoms with Crippen LogP contribution in [0.5, 0.6) is 0 Å². The number of aromatic nitrogens is 6. The van der Waals surface area contributed by atoms with Crippen LogP contribution >= 0.6 is 0 Å². The van der Waals surface area contributed by atoms with Gasteiger partial charge in [-0.2, -0.15) is 5.26 Å². The molecule has 0 amide bonds. The third-order valence-corrected chi connectivity index (χ3v) is 28.7. The largest absolute Gasteiger partial charge is 0.268 e. The molecule has 0 N–H and O–H groups in total. The lowest BCUT2D eigenvalue weighted by Gasteiger charge is -2.16. The minimum atomic E-state index is -0.132. The highest BCUT2D eigenvalue weighted by molar-refractivity contribution is 6.26. The number of hydrogen-bond acceptors (Lipinski definition) is 7. The van der Waals surface area contributed by atoms with Gasteiger partial charge in [0, 0.05) is 59.8 Å². The second-order valence-electron chi connectivity index (χ2n) is 37.6. The van der Waals surface area contributed by atoms with Crippen molar-refractivity contribution < 1.29 is 0 Å². The van der Waals surface area contributed by atoms with E-state index in [1.165, 1.54) is 61.2 Å². The summed E-state index contributed by atoms with van der Waals surface area (Å²) in [4.78, 5) is 67.7. The topological polar surface area (TPSA) is 136 Å². The van der Waals surface area contributed by atoms with Gasteiger partial charge < -0.3 is 0 Å². The number of aryl methyl sites for hydroxylation is 15. The van der Waals surface area contributed by atoms with Crippen molar-refractivity contribution >= 4 is 126 Å². The molecule has 6 heterocycles. The first-order valence-corrected chi connectivity index (χ1v) is 46.7. The molecule has 0 aliphatic carbocycles. The Balaban J connectivity index is 0.000000119. The van der Waals surface area contributed by atoms with E-state index >= 15 is 0 Å². The molecule has 0 aliphatic heterocycles. The maximum Gasteiger partial charge on any atom is 0.264 e. The summed E-state index contributed by atoms with van der Waals surface area (Å²) < 4.78 is 5.41. The number of rotatable bonds is 9. The highest BCUT2D eigenvalue weighted by Crippen LogP contribution is 2.50. The van der Waals surface area contributed by atoms with Gasteiger partial charge in [-0.25, -0.2) is 24.6 Å². The van der Waals surface area contributed by atoms with Crippen molar-refractivity contribution in [2.24, 2.45) is 0 Å². The summed E-state index contributed by atoms with van der Waals surface area (Å²) in [5, 5.41) is 19.3. The average molecular weight is 1780 g/mol. The molecule has 0 saturated heterocycles. The molecule has 12 heteroatoms. The van der Waals surface area contributed by atoms with E-state index in [-0.39, 0.29) is 16.7 Å². The molecule has 0 saturated carbocycles. The molecule has 0 bridgehead atoms. The molecule has 12 nitrogen and oxygen atoms in total. The minimum Gasteiger partial charge on any atom is -0.268 e. The molecule has 6 aromatic heterocycles. The fourth-order valence-corrected chi connectivity index (χ4v) is 22.4. The van der Waals surface area contributed by atoms with Crippen molar-refractivity contribution in [1.82, 2.24) is 28.2 Å². The van der Waals surface area contributed by atoms with Gasteiger partial charge in [0.2, 0.25) is 0 Å². The van der Waals surface area contributed by atoms with Crippen LogP contribution in [-0.2, 0) is 0 Å². The van der Waals surface area contributed by atoms with Gasteiger partial charge in [0.05, 0.1) is 57.9 Å². The third kappa shape index (κ3) is 13.5. The molecule has 138 heavy (non-hydrogen) atoms. The fourth-order valence-electron chi connectivity index (χ4n) is 22.4. The Morgan fingerprint density at radius 3 is 0.891 bits per heavy atom. The van der Waals surface area contributed by atoms with Crippen LogP contribution in [0.3, 0.4) is 0 Å². The standard InChI is InChI=1S/3C42H31N3O/c1-23-13-15-28(16-14-23)30-17-18-31-38-32(19-20-34(43-6)39(30)38)42(46)45-35-22-29(36-24(2)9-7-10-25(36)3)21-33(40(35)44-41(31)45)37-26(4)11-8-12-27(37)5;1-23-13-15-28(16-14-23)30-17-18-31-38-32(19-20-34(43-6)39(30)38)42(46)45-40-33(37-26(4)11-8-12-27(37)5)21-29(22-35(40)44-41(31)45)36-24(2)9-7-10-25(36)3;1-23-12-14-28(15-13-23)31-18-19-33-39-32(17-16-29(22-43)38(31)39)41-44-35-21-30(36-24(2)8-6-9-25(36)3)20-34(40(35)45(41)42(33)46)37-26(4)10-7-11-27(37)5/h2*7-22H,1-5H3;6-21H,1-5H3. The van der Waals surface area contributed by atoms with Gasteiger partial charge in [0.15, 0.2) is 11.4 Å². The lowest BCUT2D eigenvalue weighted by Crippen LogP contribution is -2.14. The van der Waals surface area contributed by atoms with Gasteiger partial charge in [0.25, 0.3) is 16.7 Å². The minimum absolute atomic E-state index is 0.125. The summed E-state index contributed by atoms with van der Waals surface area (Å²) in [6.07, 6.45) is 0. The van der Waals surface area contributed by atoms with E-state index in [0.717, 1.165) is 204 Å². The van der Waals surface area contributed by atoms with Crippen LogP contribution in [0.2, 0.25) is 0 Å². The summed E-state index contributed by atoms with van der Waals surface area (Å²) in [5.74, 6) is 0. The molecule has 18 aromatic carbocycles. The monoisotopic (exact) mass is 1780 g/mol. The third-order valence-electron chi connectivity index (χ3n) is 28.7. The van der Waals surface area contributed by atoms with Crippen LogP contribution in [0.25, 0.3) is 225 Å². The summed E-state index contributed by atoms with van der Waals surface area (Å²) in [5.41, 5.74) is 44.3. The second kappa shape index (κ2) is 33.1. The first-order chi connectivity index (χ1) is 66.8. The highest BCUT2D eigenvalue weighted by atomic mass is 16.1. The molecule has 0 fully saturated rings. The number of benzene rings is 18. The van der Waals surface area contributed by atoms with Crippen molar-refractivity contribution in [2.75, 3.05) is 0 Å². The van der Waals surface area contributed by atoms with E-state index in [0.29, 0.717) is 50.0 Å².